The number of carbonyl (C=O) groups is 3. The lowest BCUT2D eigenvalue weighted by Crippen LogP contribution is -2.54. The van der Waals surface area contributed by atoms with Crippen molar-refractivity contribution in [3.8, 4) is 0 Å². The lowest BCUT2D eigenvalue weighted by Gasteiger charge is -2.34. The van der Waals surface area contributed by atoms with Gasteiger partial charge in [0, 0.05) is 32.7 Å². The highest BCUT2D eigenvalue weighted by atomic mass is 16.5. The van der Waals surface area contributed by atoms with Crippen LogP contribution in [0.1, 0.15) is 10.6 Å². The molecule has 1 atom stereocenters. The largest absolute Gasteiger partial charge is 0.467 e. The topological polar surface area (TPSA) is 112 Å². The van der Waals surface area contributed by atoms with E-state index in [9.17, 15) is 14.4 Å². The molecule has 0 aliphatic carbocycles. The lowest BCUT2D eigenvalue weighted by molar-refractivity contribution is -0.143. The van der Waals surface area contributed by atoms with E-state index in [0.717, 1.165) is 0 Å². The Morgan fingerprint density at radius 2 is 2.04 bits per heavy atom. The second-order valence-corrected chi connectivity index (χ2v) is 5.10. The zero-order chi connectivity index (χ0) is 16.8. The van der Waals surface area contributed by atoms with Crippen molar-refractivity contribution in [2.45, 2.75) is 6.04 Å². The van der Waals surface area contributed by atoms with Crippen LogP contribution in [0.2, 0.25) is 0 Å². The van der Waals surface area contributed by atoms with Crippen molar-refractivity contribution >= 4 is 18.0 Å². The summed E-state index contributed by atoms with van der Waals surface area (Å²) < 4.78 is 9.71. The van der Waals surface area contributed by atoms with Gasteiger partial charge in [-0.05, 0) is 12.1 Å². The number of amides is 2. The van der Waals surface area contributed by atoms with E-state index in [1.807, 2.05) is 4.90 Å². The normalized spacial score (nSPS) is 16.7. The molecule has 2 N–H and O–H groups in total. The Morgan fingerprint density at radius 3 is 2.57 bits per heavy atom. The van der Waals surface area contributed by atoms with Gasteiger partial charge in [0.15, 0.2) is 5.76 Å². The van der Waals surface area contributed by atoms with Gasteiger partial charge in [-0.25, -0.2) is 9.59 Å². The summed E-state index contributed by atoms with van der Waals surface area (Å²) in [6.07, 6.45) is 0.410. The molecule has 1 unspecified atom stereocenters. The number of nitrogens with one attached hydrogen (secondary N) is 1. The number of methoxy groups -OCH3 is 1. The molecule has 1 aliphatic heterocycles. The van der Waals surface area contributed by atoms with E-state index in [-0.39, 0.29) is 12.3 Å². The molecule has 0 spiro atoms. The van der Waals surface area contributed by atoms with Crippen LogP contribution in [0.3, 0.4) is 0 Å². The number of piperazine rings is 1. The van der Waals surface area contributed by atoms with E-state index in [2.05, 4.69) is 5.32 Å². The standard InChI is InChI=1S/C14H19N3O6/c1-22-13(19)10(15-12(18)11-3-2-8-23-11)9-16-4-6-17(7-5-16)14(20)21/h2-3,8,10H,4-7,9H2,1H3,(H,15,18)(H,20,21). The van der Waals surface area contributed by atoms with E-state index in [1.165, 1.54) is 24.3 Å². The average Bonchev–Trinajstić information content (AvgIpc) is 3.08. The number of carbonyl (C=O) groups excluding carboxylic acids is 2. The first kappa shape index (κ1) is 16.8. The van der Waals surface area contributed by atoms with Crippen LogP contribution >= 0.6 is 0 Å². The summed E-state index contributed by atoms with van der Waals surface area (Å²) in [6.45, 7) is 1.92. The number of esters is 1. The average molecular weight is 325 g/mol. The summed E-state index contributed by atoms with van der Waals surface area (Å²) in [4.78, 5) is 38.0. The maximum absolute atomic E-state index is 12.0. The van der Waals surface area contributed by atoms with Gasteiger partial charge in [0.2, 0.25) is 0 Å². The Bertz CT molecular complexity index is 551. The third-order valence-corrected chi connectivity index (χ3v) is 3.62. The number of ether oxygens (including phenoxy) is 1. The van der Waals surface area contributed by atoms with Crippen LogP contribution in [-0.4, -0.2) is 78.8 Å². The Labute approximate surface area is 132 Å². The lowest BCUT2D eigenvalue weighted by atomic mass is 10.2. The summed E-state index contributed by atoms with van der Waals surface area (Å²) in [7, 11) is 1.25. The van der Waals surface area contributed by atoms with Crippen LogP contribution in [-0.2, 0) is 9.53 Å². The van der Waals surface area contributed by atoms with Gasteiger partial charge in [0.1, 0.15) is 6.04 Å². The molecule has 1 fully saturated rings. The highest BCUT2D eigenvalue weighted by molar-refractivity contribution is 5.94. The van der Waals surface area contributed by atoms with Crippen molar-refractivity contribution in [1.29, 1.82) is 0 Å². The van der Waals surface area contributed by atoms with Crippen LogP contribution in [0, 0.1) is 0 Å². The first-order valence-electron chi connectivity index (χ1n) is 7.13. The molecule has 2 amide bonds. The van der Waals surface area contributed by atoms with Gasteiger partial charge in [0.25, 0.3) is 5.91 Å². The van der Waals surface area contributed by atoms with Crippen molar-refractivity contribution < 1.29 is 28.6 Å². The minimum atomic E-state index is -0.958. The highest BCUT2D eigenvalue weighted by Gasteiger charge is 2.28. The van der Waals surface area contributed by atoms with Gasteiger partial charge < -0.3 is 24.5 Å². The molecule has 2 rings (SSSR count). The quantitative estimate of drug-likeness (QED) is 0.724. The fraction of sp³-hybridized carbons (Fsp3) is 0.500. The molecule has 9 nitrogen and oxygen atoms in total. The van der Waals surface area contributed by atoms with Crippen LogP contribution < -0.4 is 5.32 Å². The Morgan fingerprint density at radius 1 is 1.35 bits per heavy atom. The molecule has 1 aromatic rings. The molecule has 1 aliphatic rings. The molecule has 0 saturated carbocycles. The molecular weight excluding hydrogens is 306 g/mol. The maximum Gasteiger partial charge on any atom is 0.407 e. The summed E-state index contributed by atoms with van der Waals surface area (Å²) in [5.41, 5.74) is 0. The Balaban J connectivity index is 1.93. The zero-order valence-electron chi connectivity index (χ0n) is 12.7. The fourth-order valence-corrected chi connectivity index (χ4v) is 2.34. The summed E-state index contributed by atoms with van der Waals surface area (Å²) in [5.74, 6) is -0.963. The molecule has 2 heterocycles. The van der Waals surface area contributed by atoms with Gasteiger partial charge in [-0.15, -0.1) is 0 Å². The van der Waals surface area contributed by atoms with Crippen LogP contribution in [0.4, 0.5) is 4.79 Å². The van der Waals surface area contributed by atoms with Crippen LogP contribution in [0.5, 0.6) is 0 Å². The molecule has 23 heavy (non-hydrogen) atoms. The van der Waals surface area contributed by atoms with Crippen molar-refractivity contribution in [3.63, 3.8) is 0 Å². The van der Waals surface area contributed by atoms with E-state index < -0.39 is 24.0 Å². The van der Waals surface area contributed by atoms with Crippen molar-refractivity contribution in [2.75, 3.05) is 39.8 Å². The van der Waals surface area contributed by atoms with Gasteiger partial charge in [-0.3, -0.25) is 9.69 Å². The number of nitrogens with zero attached hydrogens (tertiary/aromatic N) is 2. The summed E-state index contributed by atoms with van der Waals surface area (Å²) in [5, 5.41) is 11.5. The molecule has 1 saturated heterocycles. The number of rotatable bonds is 5. The van der Waals surface area contributed by atoms with E-state index in [1.54, 1.807) is 6.07 Å². The van der Waals surface area contributed by atoms with E-state index >= 15 is 0 Å². The first-order valence-corrected chi connectivity index (χ1v) is 7.13. The predicted octanol–water partition coefficient (Wildman–Crippen LogP) is -0.153. The first-order chi connectivity index (χ1) is 11.0. The second kappa shape index (κ2) is 7.63. The maximum atomic E-state index is 12.0. The van der Waals surface area contributed by atoms with Crippen molar-refractivity contribution in [2.24, 2.45) is 0 Å². The highest BCUT2D eigenvalue weighted by Crippen LogP contribution is 2.06. The summed E-state index contributed by atoms with van der Waals surface area (Å²) >= 11 is 0. The molecule has 1 aromatic heterocycles. The van der Waals surface area contributed by atoms with Gasteiger partial charge in [-0.2, -0.15) is 0 Å². The summed E-state index contributed by atoms with van der Waals surface area (Å²) in [6, 6.07) is 2.22. The third kappa shape index (κ3) is 4.46. The minimum Gasteiger partial charge on any atom is -0.467 e. The van der Waals surface area contributed by atoms with E-state index in [0.29, 0.717) is 26.2 Å². The van der Waals surface area contributed by atoms with Crippen molar-refractivity contribution in [3.05, 3.63) is 24.2 Å². The third-order valence-electron chi connectivity index (χ3n) is 3.62. The van der Waals surface area contributed by atoms with Gasteiger partial charge >= 0.3 is 12.1 Å². The molecule has 0 radical (unpaired) electrons. The van der Waals surface area contributed by atoms with Gasteiger partial charge in [-0.1, -0.05) is 0 Å². The molecule has 126 valence electrons. The van der Waals surface area contributed by atoms with E-state index in [4.69, 9.17) is 14.3 Å². The Hall–Kier alpha value is -2.55. The minimum absolute atomic E-state index is 0.106. The molecular formula is C14H19N3O6. The monoisotopic (exact) mass is 325 g/mol. The predicted molar refractivity (Wildman–Crippen MR) is 78.0 cm³/mol. The number of furan rings is 1. The zero-order valence-corrected chi connectivity index (χ0v) is 12.7. The van der Waals surface area contributed by atoms with Crippen molar-refractivity contribution in [1.82, 2.24) is 15.1 Å². The number of hydrogen-bond acceptors (Lipinski definition) is 6. The molecule has 0 bridgehead atoms. The number of hydrogen-bond donors (Lipinski definition) is 2. The molecule has 0 aromatic carbocycles. The SMILES string of the molecule is COC(=O)C(CN1CCN(C(=O)O)CC1)NC(=O)c1ccco1. The van der Waals surface area contributed by atoms with Crippen LogP contribution in [0.15, 0.2) is 22.8 Å². The fourth-order valence-electron chi connectivity index (χ4n) is 2.34. The number of carboxylic acid groups (broad SMARTS) is 1. The van der Waals surface area contributed by atoms with Gasteiger partial charge in [0.05, 0.1) is 13.4 Å². The second-order valence-electron chi connectivity index (χ2n) is 5.10. The van der Waals surface area contributed by atoms with Crippen LogP contribution in [0.25, 0.3) is 0 Å². The Kier molecular flexibility index (Phi) is 5.58. The smallest absolute Gasteiger partial charge is 0.407 e. The molecule has 9 heteroatoms.